The van der Waals surface area contributed by atoms with Gasteiger partial charge in [-0.3, -0.25) is 10.1 Å². The van der Waals surface area contributed by atoms with E-state index < -0.39 is 21.8 Å². The van der Waals surface area contributed by atoms with Crippen molar-refractivity contribution in [3.05, 3.63) is 48.3 Å². The summed E-state index contributed by atoms with van der Waals surface area (Å²) in [6.45, 7) is 5.03. The lowest BCUT2D eigenvalue weighted by Gasteiger charge is -2.30. The lowest BCUT2D eigenvalue weighted by molar-refractivity contribution is -0.121. The minimum atomic E-state index is -3.75. The predicted molar refractivity (Wildman–Crippen MR) is 129 cm³/mol. The number of nitrogens with zero attached hydrogens (tertiary/aromatic N) is 3. The Morgan fingerprint density at radius 1 is 1.06 bits per heavy atom. The summed E-state index contributed by atoms with van der Waals surface area (Å²) in [4.78, 5) is 12.8. The van der Waals surface area contributed by atoms with Gasteiger partial charge in [-0.2, -0.15) is 4.31 Å². The van der Waals surface area contributed by atoms with E-state index in [1.54, 1.807) is 18.2 Å². The van der Waals surface area contributed by atoms with Gasteiger partial charge in [-0.15, -0.1) is 5.10 Å². The first-order chi connectivity index (χ1) is 17.3. The summed E-state index contributed by atoms with van der Waals surface area (Å²) in [6, 6.07) is 9.86. The molecule has 0 bridgehead atoms. The van der Waals surface area contributed by atoms with Crippen LogP contribution < -0.4 is 14.8 Å². The second kappa shape index (κ2) is 11.0. The minimum Gasteiger partial charge on any atom is -0.490 e. The molecule has 0 radical (unpaired) electrons. The van der Waals surface area contributed by atoms with Crippen LogP contribution in [0.25, 0.3) is 11.5 Å². The molecule has 10 nitrogen and oxygen atoms in total. The van der Waals surface area contributed by atoms with Crippen molar-refractivity contribution in [2.45, 2.75) is 31.6 Å². The molecule has 1 aliphatic rings. The van der Waals surface area contributed by atoms with Gasteiger partial charge in [0, 0.05) is 24.6 Å². The van der Waals surface area contributed by atoms with Crippen molar-refractivity contribution < 1.29 is 31.5 Å². The third-order valence-electron chi connectivity index (χ3n) is 5.72. The number of hydrogen-bond donors (Lipinski definition) is 1. The maximum absolute atomic E-state index is 13.1. The molecule has 0 unspecified atom stereocenters. The number of anilines is 1. The van der Waals surface area contributed by atoms with Crippen LogP contribution in [0.5, 0.6) is 11.5 Å². The average molecular weight is 519 g/mol. The monoisotopic (exact) mass is 518 g/mol. The van der Waals surface area contributed by atoms with Crippen LogP contribution in [0.2, 0.25) is 0 Å². The number of halogens is 1. The second-order valence-corrected chi connectivity index (χ2v) is 10.00. The molecule has 0 spiro atoms. The van der Waals surface area contributed by atoms with Crippen molar-refractivity contribution in [3.63, 3.8) is 0 Å². The Bertz CT molecular complexity index is 1300. The highest BCUT2D eigenvalue weighted by Gasteiger charge is 2.32. The molecule has 3 aromatic rings. The number of carbonyl (C=O) groups excluding carboxylic acids is 1. The van der Waals surface area contributed by atoms with Gasteiger partial charge in [-0.05, 0) is 69.2 Å². The maximum Gasteiger partial charge on any atom is 0.322 e. The number of amides is 1. The maximum atomic E-state index is 13.1. The Morgan fingerprint density at radius 3 is 2.39 bits per heavy atom. The Hall–Kier alpha value is -3.51. The number of benzene rings is 2. The molecule has 0 saturated carbocycles. The molecule has 1 N–H and O–H groups in total. The Morgan fingerprint density at radius 2 is 1.72 bits per heavy atom. The number of sulfonamides is 1. The van der Waals surface area contributed by atoms with Crippen molar-refractivity contribution in [1.29, 1.82) is 0 Å². The van der Waals surface area contributed by atoms with Crippen LogP contribution in [0.15, 0.2) is 51.8 Å². The zero-order valence-corrected chi connectivity index (χ0v) is 20.8. The first-order valence-corrected chi connectivity index (χ1v) is 13.1. The fraction of sp³-hybridized carbons (Fsp3) is 0.375. The molecule has 192 valence electrons. The van der Waals surface area contributed by atoms with Crippen LogP contribution in [0.4, 0.5) is 10.4 Å². The van der Waals surface area contributed by atoms with Gasteiger partial charge < -0.3 is 13.9 Å². The van der Waals surface area contributed by atoms with Crippen molar-refractivity contribution in [2.75, 3.05) is 31.6 Å². The summed E-state index contributed by atoms with van der Waals surface area (Å²) in [5.41, 5.74) is 0.606. The van der Waals surface area contributed by atoms with Gasteiger partial charge in [0.25, 0.3) is 0 Å². The van der Waals surface area contributed by atoms with Gasteiger partial charge in [-0.25, -0.2) is 12.8 Å². The molecule has 1 fully saturated rings. The first-order valence-electron chi connectivity index (χ1n) is 11.6. The Balaban J connectivity index is 1.37. The highest BCUT2D eigenvalue weighted by atomic mass is 32.2. The van der Waals surface area contributed by atoms with Crippen molar-refractivity contribution in [3.8, 4) is 23.0 Å². The fourth-order valence-corrected chi connectivity index (χ4v) is 5.37. The van der Waals surface area contributed by atoms with Gasteiger partial charge in [-0.1, -0.05) is 5.10 Å². The van der Waals surface area contributed by atoms with Gasteiger partial charge in [0.05, 0.1) is 18.1 Å². The number of aromatic nitrogens is 2. The van der Waals surface area contributed by atoms with E-state index in [0.29, 0.717) is 43.1 Å². The van der Waals surface area contributed by atoms with E-state index in [2.05, 4.69) is 15.5 Å². The molecular formula is C24H27FN4O6S. The van der Waals surface area contributed by atoms with E-state index >= 15 is 0 Å². The van der Waals surface area contributed by atoms with Crippen molar-refractivity contribution >= 4 is 21.9 Å². The number of hydrogen-bond acceptors (Lipinski definition) is 8. The Kier molecular flexibility index (Phi) is 7.85. The second-order valence-electron chi connectivity index (χ2n) is 8.06. The molecule has 1 saturated heterocycles. The van der Waals surface area contributed by atoms with E-state index in [0.717, 1.165) is 12.1 Å². The molecule has 4 rings (SSSR count). The van der Waals surface area contributed by atoms with Crippen molar-refractivity contribution in [2.24, 2.45) is 5.92 Å². The summed E-state index contributed by atoms with van der Waals surface area (Å²) in [6.07, 6.45) is 0.647. The number of carbonyl (C=O) groups is 1. The number of rotatable bonds is 9. The quantitative estimate of drug-likeness (QED) is 0.455. The topological polar surface area (TPSA) is 124 Å². The average Bonchev–Trinajstić information content (AvgIpc) is 3.34. The molecule has 1 amide bonds. The third-order valence-corrected chi connectivity index (χ3v) is 7.63. The van der Waals surface area contributed by atoms with Crippen LogP contribution >= 0.6 is 0 Å². The van der Waals surface area contributed by atoms with E-state index in [4.69, 9.17) is 13.9 Å². The zero-order valence-electron chi connectivity index (χ0n) is 19.9. The lowest BCUT2D eigenvalue weighted by atomic mass is 9.97. The highest BCUT2D eigenvalue weighted by Crippen LogP contribution is 2.33. The molecule has 1 aromatic heterocycles. The van der Waals surface area contributed by atoms with E-state index in [1.807, 2.05) is 13.8 Å². The highest BCUT2D eigenvalue weighted by molar-refractivity contribution is 7.89. The summed E-state index contributed by atoms with van der Waals surface area (Å²) in [5, 5.41) is 10.5. The molecule has 0 atom stereocenters. The summed E-state index contributed by atoms with van der Waals surface area (Å²) < 4.78 is 56.8. The zero-order chi connectivity index (χ0) is 25.7. The third kappa shape index (κ3) is 5.65. The molecule has 36 heavy (non-hydrogen) atoms. The van der Waals surface area contributed by atoms with Crippen LogP contribution in [0.1, 0.15) is 26.7 Å². The van der Waals surface area contributed by atoms with E-state index in [9.17, 15) is 17.6 Å². The van der Waals surface area contributed by atoms with E-state index in [1.165, 1.54) is 16.4 Å². The Labute approximate surface area is 208 Å². The lowest BCUT2D eigenvalue weighted by Crippen LogP contribution is -2.41. The summed E-state index contributed by atoms with van der Waals surface area (Å²) in [7, 11) is -3.75. The van der Waals surface area contributed by atoms with E-state index in [-0.39, 0.29) is 35.8 Å². The predicted octanol–water partition coefficient (Wildman–Crippen LogP) is 3.71. The van der Waals surface area contributed by atoms with Crippen LogP contribution in [-0.4, -0.2) is 55.1 Å². The first kappa shape index (κ1) is 25.6. The minimum absolute atomic E-state index is 0.0203. The normalized spacial score (nSPS) is 15.0. The number of nitrogens with one attached hydrogen (secondary N) is 1. The van der Waals surface area contributed by atoms with Crippen LogP contribution in [-0.2, 0) is 14.8 Å². The van der Waals surface area contributed by atoms with Gasteiger partial charge in [0.1, 0.15) is 5.82 Å². The van der Waals surface area contributed by atoms with Gasteiger partial charge in [0.2, 0.25) is 21.8 Å². The number of ether oxygens (including phenoxy) is 2. The SMILES string of the molecule is CCOc1ccc(-c2nnc(NC(=O)C3CCN(S(=O)(=O)c4ccc(F)cc4)CC3)o2)cc1OCC. The van der Waals surface area contributed by atoms with Crippen molar-refractivity contribution in [1.82, 2.24) is 14.5 Å². The van der Waals surface area contributed by atoms with Crippen LogP contribution in [0, 0.1) is 11.7 Å². The molecule has 0 aliphatic carbocycles. The summed E-state index contributed by atoms with van der Waals surface area (Å²) >= 11 is 0. The molecule has 2 aromatic carbocycles. The fourth-order valence-electron chi connectivity index (χ4n) is 3.90. The van der Waals surface area contributed by atoms with Gasteiger partial charge in [0.15, 0.2) is 11.5 Å². The molecular weight excluding hydrogens is 491 g/mol. The van der Waals surface area contributed by atoms with Crippen LogP contribution in [0.3, 0.4) is 0 Å². The number of piperidine rings is 1. The largest absolute Gasteiger partial charge is 0.490 e. The standard InChI is InChI=1S/C24H27FN4O6S/c1-3-33-20-10-5-17(15-21(20)34-4-2)23-27-28-24(35-23)26-22(30)16-11-13-29(14-12-16)36(31,32)19-8-6-18(25)7-9-19/h5-10,15-16H,3-4,11-14H2,1-2H3,(H,26,28,30). The smallest absolute Gasteiger partial charge is 0.322 e. The molecule has 12 heteroatoms. The molecule has 2 heterocycles. The summed E-state index contributed by atoms with van der Waals surface area (Å²) in [5.74, 6) is 0.0907. The molecule has 1 aliphatic heterocycles. The van der Waals surface area contributed by atoms with Gasteiger partial charge >= 0.3 is 6.01 Å².